The zero-order valence-corrected chi connectivity index (χ0v) is 27.4. The number of amides is 2. The van der Waals surface area contributed by atoms with Gasteiger partial charge >= 0.3 is 11.8 Å². The van der Waals surface area contributed by atoms with Gasteiger partial charge in [0.15, 0.2) is 0 Å². The maximum absolute atomic E-state index is 14.3. The highest BCUT2D eigenvalue weighted by Crippen LogP contribution is 2.34. The smallest absolute Gasteiger partial charge is 0.407 e. The predicted molar refractivity (Wildman–Crippen MR) is 173 cm³/mol. The number of alkyl carbamates (subject to hydrolysis) is 1. The molecule has 0 bridgehead atoms. The number of halogens is 2. The number of hydrogen-bond acceptors (Lipinski definition) is 5. The Bertz CT molecular complexity index is 1700. The summed E-state index contributed by atoms with van der Waals surface area (Å²) in [5.74, 6) is -0.891. The second-order valence-electron chi connectivity index (χ2n) is 12.2. The first-order valence-corrected chi connectivity index (χ1v) is 15.5. The minimum atomic E-state index is -0.648. The third-order valence-electron chi connectivity index (χ3n) is 7.63. The van der Waals surface area contributed by atoms with E-state index in [1.54, 1.807) is 37.2 Å². The molecular formula is C34H41ClFN5O4. The van der Waals surface area contributed by atoms with Crippen LogP contribution in [-0.2, 0) is 11.3 Å². The molecule has 0 saturated carbocycles. The molecule has 2 aromatic heterocycles. The van der Waals surface area contributed by atoms with Gasteiger partial charge in [0, 0.05) is 24.3 Å². The largest absolute Gasteiger partial charge is 0.444 e. The fourth-order valence-electron chi connectivity index (χ4n) is 5.27. The first kappa shape index (κ1) is 33.7. The molecule has 0 fully saturated rings. The highest BCUT2D eigenvalue weighted by molar-refractivity contribution is 6.34. The van der Waals surface area contributed by atoms with Crippen LogP contribution in [0.1, 0.15) is 80.8 Å². The van der Waals surface area contributed by atoms with E-state index in [1.807, 2.05) is 50.2 Å². The number of carbonyl (C=O) groups is 2. The van der Waals surface area contributed by atoms with Gasteiger partial charge in [-0.15, -0.1) is 0 Å². The van der Waals surface area contributed by atoms with E-state index in [1.165, 1.54) is 28.8 Å². The van der Waals surface area contributed by atoms with Crippen molar-refractivity contribution in [3.05, 3.63) is 105 Å². The molecule has 2 amide bonds. The normalized spacial score (nSPS) is 13.0. The minimum Gasteiger partial charge on any atom is -0.444 e. The Balaban J connectivity index is 1.83. The first-order valence-electron chi connectivity index (χ1n) is 15.2. The molecule has 4 rings (SSSR count). The van der Waals surface area contributed by atoms with Crippen molar-refractivity contribution in [1.29, 1.82) is 0 Å². The fraction of sp³-hybridized carbons (Fsp3) is 0.412. The first-order chi connectivity index (χ1) is 21.3. The summed E-state index contributed by atoms with van der Waals surface area (Å²) < 4.78 is 22.2. The molecule has 0 spiro atoms. The molecule has 45 heavy (non-hydrogen) atoms. The van der Waals surface area contributed by atoms with E-state index < -0.39 is 23.6 Å². The van der Waals surface area contributed by atoms with Crippen LogP contribution >= 0.6 is 11.6 Å². The fourth-order valence-corrected chi connectivity index (χ4v) is 5.44. The van der Waals surface area contributed by atoms with Crippen molar-refractivity contribution in [1.82, 2.24) is 24.4 Å². The van der Waals surface area contributed by atoms with Gasteiger partial charge in [0.25, 0.3) is 5.91 Å². The average molecular weight is 638 g/mol. The van der Waals surface area contributed by atoms with E-state index >= 15 is 0 Å². The molecule has 0 aliphatic heterocycles. The Hall–Kier alpha value is -4.18. The van der Waals surface area contributed by atoms with Crippen molar-refractivity contribution in [3.8, 4) is 0 Å². The third kappa shape index (κ3) is 8.11. The molecule has 2 heterocycles. The number of fused-ring (bicyclic) bond motifs is 1. The summed E-state index contributed by atoms with van der Waals surface area (Å²) in [6, 6.07) is 16.2. The van der Waals surface area contributed by atoms with Gasteiger partial charge in [0.1, 0.15) is 11.4 Å². The Morgan fingerprint density at radius 1 is 1.11 bits per heavy atom. The highest BCUT2D eigenvalue weighted by Gasteiger charge is 2.33. The van der Waals surface area contributed by atoms with Crippen LogP contribution in [0.4, 0.5) is 9.18 Å². The number of nitrogens with one attached hydrogen (secondary N) is 1. The van der Waals surface area contributed by atoms with Crippen LogP contribution in [0.2, 0.25) is 5.02 Å². The van der Waals surface area contributed by atoms with Crippen molar-refractivity contribution in [2.24, 2.45) is 5.92 Å². The summed E-state index contributed by atoms with van der Waals surface area (Å²) in [5, 5.41) is 7.52. The van der Waals surface area contributed by atoms with Crippen molar-refractivity contribution in [2.45, 2.75) is 72.6 Å². The van der Waals surface area contributed by atoms with Crippen molar-refractivity contribution in [3.63, 3.8) is 0 Å². The monoisotopic (exact) mass is 637 g/mol. The molecule has 2 unspecified atom stereocenters. The van der Waals surface area contributed by atoms with Crippen LogP contribution < -0.4 is 11.0 Å². The summed E-state index contributed by atoms with van der Waals surface area (Å²) in [6.07, 6.45) is 0.534. The number of ether oxygens (including phenoxy) is 1. The van der Waals surface area contributed by atoms with Crippen molar-refractivity contribution < 1.29 is 18.7 Å². The lowest BCUT2D eigenvalue weighted by atomic mass is 9.92. The van der Waals surface area contributed by atoms with Gasteiger partial charge in [-0.2, -0.15) is 9.61 Å². The van der Waals surface area contributed by atoms with Crippen LogP contribution in [0.5, 0.6) is 0 Å². The minimum absolute atomic E-state index is 0.111. The Morgan fingerprint density at radius 3 is 2.40 bits per heavy atom. The van der Waals surface area contributed by atoms with Crippen LogP contribution in [0.15, 0.2) is 65.5 Å². The van der Waals surface area contributed by atoms with Gasteiger partial charge < -0.3 is 15.0 Å². The standard InChI is InChI=1S/C34H41ClFN5O4/c1-7-22(2)30(28-20-27-29(35)23(3)38-41(27)33(44)40(28)21-24-12-9-8-10-13-24)39(31(42)25-14-16-26(36)17-15-25)19-11-18-37-32(43)45-34(4,5)6/h8-10,12-17,20,22,30H,7,11,18-19,21H2,1-6H3,(H,37,43). The van der Waals surface area contributed by atoms with Gasteiger partial charge in [0.2, 0.25) is 0 Å². The molecule has 2 atom stereocenters. The maximum Gasteiger partial charge on any atom is 0.407 e. The Labute approximate surface area is 267 Å². The molecule has 9 nitrogen and oxygen atoms in total. The Morgan fingerprint density at radius 2 is 1.78 bits per heavy atom. The second-order valence-corrected chi connectivity index (χ2v) is 12.6. The zero-order chi connectivity index (χ0) is 32.9. The van der Waals surface area contributed by atoms with Gasteiger partial charge in [0.05, 0.1) is 28.8 Å². The van der Waals surface area contributed by atoms with Gasteiger partial charge in [-0.25, -0.2) is 14.0 Å². The number of aromatic nitrogens is 3. The van der Waals surface area contributed by atoms with E-state index in [9.17, 15) is 18.8 Å². The van der Waals surface area contributed by atoms with Gasteiger partial charge in [-0.05, 0) is 75.9 Å². The van der Waals surface area contributed by atoms with E-state index in [2.05, 4.69) is 10.4 Å². The lowest BCUT2D eigenvalue weighted by molar-refractivity contribution is 0.0518. The van der Waals surface area contributed by atoms with E-state index in [-0.39, 0.29) is 37.1 Å². The van der Waals surface area contributed by atoms with Gasteiger partial charge in [-0.3, -0.25) is 9.36 Å². The average Bonchev–Trinajstić information content (AvgIpc) is 3.28. The topological polar surface area (TPSA) is 97.9 Å². The van der Waals surface area contributed by atoms with E-state index in [4.69, 9.17) is 16.3 Å². The number of carbonyl (C=O) groups excluding carboxylic acids is 2. The molecule has 2 aromatic carbocycles. The quantitative estimate of drug-likeness (QED) is 0.183. The van der Waals surface area contributed by atoms with E-state index in [0.717, 1.165) is 5.56 Å². The predicted octanol–water partition coefficient (Wildman–Crippen LogP) is 6.79. The highest BCUT2D eigenvalue weighted by atomic mass is 35.5. The van der Waals surface area contributed by atoms with Crippen LogP contribution in [-0.4, -0.2) is 49.8 Å². The molecule has 240 valence electrons. The number of nitrogens with zero attached hydrogens (tertiary/aromatic N) is 4. The SMILES string of the molecule is CCC(C)C(c1cc2c(Cl)c(C)nn2c(=O)n1Cc1ccccc1)N(CCCNC(=O)OC(C)(C)C)C(=O)c1ccc(F)cc1. The number of benzene rings is 2. The zero-order valence-electron chi connectivity index (χ0n) is 26.6. The number of aryl methyl sites for hydroxylation is 1. The lowest BCUT2D eigenvalue weighted by Gasteiger charge is -2.37. The van der Waals surface area contributed by atoms with E-state index in [0.29, 0.717) is 40.3 Å². The molecular weight excluding hydrogens is 597 g/mol. The molecule has 11 heteroatoms. The van der Waals surface area contributed by atoms with Crippen LogP contribution in [0.25, 0.3) is 5.52 Å². The van der Waals surface area contributed by atoms with Crippen LogP contribution in [0.3, 0.4) is 0 Å². The maximum atomic E-state index is 14.3. The molecule has 0 aliphatic carbocycles. The number of hydrogen-bond donors (Lipinski definition) is 1. The molecule has 0 radical (unpaired) electrons. The lowest BCUT2D eigenvalue weighted by Crippen LogP contribution is -2.43. The van der Waals surface area contributed by atoms with Gasteiger partial charge in [-0.1, -0.05) is 62.2 Å². The summed E-state index contributed by atoms with van der Waals surface area (Å²) in [5.41, 5.74) is 1.75. The van der Waals surface area contributed by atoms with Crippen molar-refractivity contribution >= 4 is 29.1 Å². The molecule has 0 aliphatic rings. The molecule has 0 saturated heterocycles. The molecule has 1 N–H and O–H groups in total. The Kier molecular flexibility index (Phi) is 10.7. The molecule has 4 aromatic rings. The summed E-state index contributed by atoms with van der Waals surface area (Å²) >= 11 is 6.65. The summed E-state index contributed by atoms with van der Waals surface area (Å²) in [7, 11) is 0. The van der Waals surface area contributed by atoms with Crippen LogP contribution in [0, 0.1) is 18.7 Å². The summed E-state index contributed by atoms with van der Waals surface area (Å²) in [4.78, 5) is 42.4. The number of rotatable bonds is 11. The van der Waals surface area contributed by atoms with Crippen molar-refractivity contribution in [2.75, 3.05) is 13.1 Å². The second kappa shape index (κ2) is 14.3. The summed E-state index contributed by atoms with van der Waals surface area (Å²) in [6.45, 7) is 11.9. The third-order valence-corrected chi connectivity index (χ3v) is 8.10.